The van der Waals surface area contributed by atoms with E-state index < -0.39 is 17.5 Å². The van der Waals surface area contributed by atoms with Gasteiger partial charge in [0.05, 0.1) is 16.9 Å². The van der Waals surface area contributed by atoms with Crippen molar-refractivity contribution in [2.24, 2.45) is 5.73 Å². The normalized spacial score (nSPS) is 10.5. The van der Waals surface area contributed by atoms with Crippen molar-refractivity contribution in [3.8, 4) is 0 Å². The van der Waals surface area contributed by atoms with Gasteiger partial charge >= 0.3 is 0 Å². The minimum Gasteiger partial charge on any atom is -0.389 e. The summed E-state index contributed by atoms with van der Waals surface area (Å²) in [6.07, 6.45) is 0. The highest BCUT2D eigenvalue weighted by Gasteiger charge is 2.16. The van der Waals surface area contributed by atoms with Gasteiger partial charge < -0.3 is 11.1 Å². The van der Waals surface area contributed by atoms with Crippen molar-refractivity contribution in [2.45, 2.75) is 13.8 Å². The molecule has 21 heavy (non-hydrogen) atoms. The highest BCUT2D eigenvalue weighted by molar-refractivity contribution is 7.80. The second-order valence-electron chi connectivity index (χ2n) is 4.48. The summed E-state index contributed by atoms with van der Waals surface area (Å²) in [7, 11) is 0. The molecule has 1 aromatic heterocycles. The zero-order chi connectivity index (χ0) is 15.7. The lowest BCUT2D eigenvalue weighted by atomic mass is 10.1. The molecule has 0 saturated heterocycles. The average Bonchev–Trinajstić information content (AvgIpc) is 2.38. The fourth-order valence-electron chi connectivity index (χ4n) is 2.01. The molecule has 1 heterocycles. The van der Waals surface area contributed by atoms with Gasteiger partial charge in [-0.2, -0.15) is 0 Å². The van der Waals surface area contributed by atoms with Gasteiger partial charge in [0.15, 0.2) is 17.5 Å². The molecule has 0 spiro atoms. The van der Waals surface area contributed by atoms with Crippen LogP contribution in [0.2, 0.25) is 0 Å². The first kappa shape index (κ1) is 15.2. The highest BCUT2D eigenvalue weighted by atomic mass is 32.1. The third-order valence-corrected chi connectivity index (χ3v) is 3.08. The Morgan fingerprint density at radius 1 is 1.14 bits per heavy atom. The minimum absolute atomic E-state index is 0.0745. The average molecular weight is 311 g/mol. The number of benzene rings is 1. The summed E-state index contributed by atoms with van der Waals surface area (Å²) >= 11 is 4.95. The first-order chi connectivity index (χ1) is 9.81. The van der Waals surface area contributed by atoms with E-state index in [9.17, 15) is 13.2 Å². The fraction of sp³-hybridized carbons (Fsp3) is 0.143. The van der Waals surface area contributed by atoms with Gasteiger partial charge in [0.2, 0.25) is 0 Å². The lowest BCUT2D eigenvalue weighted by Gasteiger charge is -2.15. The molecule has 7 heteroatoms. The van der Waals surface area contributed by atoms with Gasteiger partial charge in [0.25, 0.3) is 0 Å². The van der Waals surface area contributed by atoms with E-state index in [1.807, 2.05) is 0 Å². The molecule has 0 bridgehead atoms. The van der Waals surface area contributed by atoms with Crippen LogP contribution < -0.4 is 11.1 Å². The summed E-state index contributed by atoms with van der Waals surface area (Å²) < 4.78 is 39.9. The quantitative estimate of drug-likeness (QED) is 0.673. The highest BCUT2D eigenvalue weighted by Crippen LogP contribution is 2.27. The molecule has 0 atom stereocenters. The second kappa shape index (κ2) is 5.69. The van der Waals surface area contributed by atoms with Crippen LogP contribution in [-0.4, -0.2) is 9.97 Å². The summed E-state index contributed by atoms with van der Waals surface area (Å²) in [5.41, 5.74) is 7.45. The predicted octanol–water partition coefficient (Wildman–Crippen LogP) is 3.49. The van der Waals surface area contributed by atoms with Crippen LogP contribution in [0.25, 0.3) is 0 Å². The molecular weight excluding hydrogens is 299 g/mol. The molecule has 1 aromatic carbocycles. The van der Waals surface area contributed by atoms with Crippen LogP contribution in [0.15, 0.2) is 18.2 Å². The third kappa shape index (κ3) is 2.97. The van der Waals surface area contributed by atoms with Gasteiger partial charge in [-0.1, -0.05) is 12.2 Å². The van der Waals surface area contributed by atoms with Crippen molar-refractivity contribution in [3.05, 3.63) is 52.6 Å². The molecule has 2 rings (SSSR count). The maximum atomic E-state index is 13.7. The van der Waals surface area contributed by atoms with E-state index in [0.717, 1.165) is 12.1 Å². The number of nitrogens with two attached hydrogens (primary N) is 1. The van der Waals surface area contributed by atoms with Gasteiger partial charge in [-0.15, -0.1) is 0 Å². The van der Waals surface area contributed by atoms with Gasteiger partial charge in [0.1, 0.15) is 4.99 Å². The first-order valence-electron chi connectivity index (χ1n) is 5.99. The topological polar surface area (TPSA) is 50.9 Å². The third-order valence-electron chi connectivity index (χ3n) is 2.88. The standard InChI is InChI=1S/C14H12F3N3S/c1-6-5-10(11(14(18)21)7(2)19-6)20-9-4-3-8(15)12(16)13(9)17/h3-5H,1-2H3,(H2,18,21)(H,19,20). The molecule has 0 radical (unpaired) electrons. The summed E-state index contributed by atoms with van der Waals surface area (Å²) in [5.74, 6) is -4.11. The van der Waals surface area contributed by atoms with E-state index in [0.29, 0.717) is 22.6 Å². The Kier molecular flexibility index (Phi) is 4.13. The predicted molar refractivity (Wildman–Crippen MR) is 79.2 cm³/mol. The number of thiocarbonyl (C=S) groups is 1. The zero-order valence-corrected chi connectivity index (χ0v) is 12.1. The van der Waals surface area contributed by atoms with E-state index in [1.54, 1.807) is 19.9 Å². The monoisotopic (exact) mass is 311 g/mol. The summed E-state index contributed by atoms with van der Waals surface area (Å²) in [4.78, 5) is 4.29. The SMILES string of the molecule is Cc1cc(Nc2ccc(F)c(F)c2F)c(C(N)=S)c(C)n1. The van der Waals surface area contributed by atoms with Crippen molar-refractivity contribution in [1.29, 1.82) is 0 Å². The van der Waals surface area contributed by atoms with E-state index in [1.165, 1.54) is 0 Å². The molecule has 0 unspecified atom stereocenters. The van der Waals surface area contributed by atoms with E-state index in [-0.39, 0.29) is 10.7 Å². The van der Waals surface area contributed by atoms with Crippen molar-refractivity contribution in [1.82, 2.24) is 4.98 Å². The Morgan fingerprint density at radius 2 is 1.81 bits per heavy atom. The zero-order valence-electron chi connectivity index (χ0n) is 11.3. The molecule has 0 aliphatic carbocycles. The first-order valence-corrected chi connectivity index (χ1v) is 6.40. The molecule has 0 aliphatic rings. The molecule has 3 N–H and O–H groups in total. The number of hydrogen-bond acceptors (Lipinski definition) is 3. The van der Waals surface area contributed by atoms with Crippen molar-refractivity contribution < 1.29 is 13.2 Å². The molecule has 3 nitrogen and oxygen atoms in total. The molecule has 2 aromatic rings. The van der Waals surface area contributed by atoms with Gasteiger partial charge in [-0.05, 0) is 32.0 Å². The number of nitrogens with one attached hydrogen (secondary N) is 1. The molecule has 0 fully saturated rings. The van der Waals surface area contributed by atoms with Crippen molar-refractivity contribution in [3.63, 3.8) is 0 Å². The van der Waals surface area contributed by atoms with Crippen molar-refractivity contribution >= 4 is 28.6 Å². The summed E-state index contributed by atoms with van der Waals surface area (Å²) in [5, 5.41) is 2.68. The Hall–Kier alpha value is -2.15. The van der Waals surface area contributed by atoms with E-state index >= 15 is 0 Å². The molecular formula is C14H12F3N3S. The smallest absolute Gasteiger partial charge is 0.196 e. The van der Waals surface area contributed by atoms with E-state index in [4.69, 9.17) is 18.0 Å². The minimum atomic E-state index is -1.54. The Bertz CT molecular complexity index is 732. The summed E-state index contributed by atoms with van der Waals surface area (Å²) in [6.45, 7) is 3.44. The van der Waals surface area contributed by atoms with E-state index in [2.05, 4.69) is 10.3 Å². The number of halogens is 3. The number of hydrogen-bond donors (Lipinski definition) is 2. The number of nitrogens with zero attached hydrogens (tertiary/aromatic N) is 1. The number of aryl methyl sites for hydroxylation is 2. The van der Waals surface area contributed by atoms with Crippen LogP contribution in [0.1, 0.15) is 17.0 Å². The van der Waals surface area contributed by atoms with Gasteiger partial charge in [0, 0.05) is 11.4 Å². The number of aromatic nitrogens is 1. The maximum Gasteiger partial charge on any atom is 0.196 e. The summed E-state index contributed by atoms with van der Waals surface area (Å²) in [6, 6.07) is 3.53. The lowest BCUT2D eigenvalue weighted by Crippen LogP contribution is -2.15. The number of rotatable bonds is 3. The lowest BCUT2D eigenvalue weighted by molar-refractivity contribution is 0.449. The fourth-order valence-corrected chi connectivity index (χ4v) is 2.26. The Balaban J connectivity index is 2.54. The molecule has 0 saturated carbocycles. The van der Waals surface area contributed by atoms with Crippen LogP contribution in [0.3, 0.4) is 0 Å². The number of anilines is 2. The van der Waals surface area contributed by atoms with Crippen LogP contribution >= 0.6 is 12.2 Å². The van der Waals surface area contributed by atoms with Gasteiger partial charge in [-0.25, -0.2) is 13.2 Å². The number of pyridine rings is 1. The maximum absolute atomic E-state index is 13.7. The Morgan fingerprint density at radius 3 is 2.43 bits per heavy atom. The second-order valence-corrected chi connectivity index (χ2v) is 4.92. The van der Waals surface area contributed by atoms with Crippen molar-refractivity contribution in [2.75, 3.05) is 5.32 Å². The Labute approximate surface area is 125 Å². The van der Waals surface area contributed by atoms with Crippen LogP contribution in [0.4, 0.5) is 24.5 Å². The van der Waals surface area contributed by atoms with Gasteiger partial charge in [-0.3, -0.25) is 4.98 Å². The van der Waals surface area contributed by atoms with Crippen LogP contribution in [0, 0.1) is 31.3 Å². The molecule has 0 aliphatic heterocycles. The molecule has 110 valence electrons. The largest absolute Gasteiger partial charge is 0.389 e. The molecule has 0 amide bonds. The van der Waals surface area contributed by atoms with Crippen LogP contribution in [-0.2, 0) is 0 Å². The van der Waals surface area contributed by atoms with Crippen LogP contribution in [0.5, 0.6) is 0 Å².